The summed E-state index contributed by atoms with van der Waals surface area (Å²) in [6.45, 7) is 2.33. The first-order valence-corrected chi connectivity index (χ1v) is 5.96. The summed E-state index contributed by atoms with van der Waals surface area (Å²) in [4.78, 5) is 8.41. The van der Waals surface area contributed by atoms with Crippen molar-refractivity contribution in [1.29, 1.82) is 0 Å². The van der Waals surface area contributed by atoms with Crippen molar-refractivity contribution in [2.45, 2.75) is 13.5 Å². The molecule has 0 radical (unpaired) electrons. The minimum Gasteiger partial charge on any atom is -0.473 e. The van der Waals surface area contributed by atoms with Crippen molar-refractivity contribution in [2.24, 2.45) is 0 Å². The van der Waals surface area contributed by atoms with Crippen molar-refractivity contribution in [2.75, 3.05) is 12.4 Å². The first-order chi connectivity index (χ1) is 8.67. The molecule has 1 aromatic heterocycles. The Kier molecular flexibility index (Phi) is 3.99. The van der Waals surface area contributed by atoms with Crippen molar-refractivity contribution in [3.8, 4) is 5.88 Å². The van der Waals surface area contributed by atoms with E-state index < -0.39 is 0 Å². The molecule has 1 aromatic carbocycles. The molecule has 2 rings (SSSR count). The number of hydrogen-bond acceptors (Lipinski definition) is 4. The lowest BCUT2D eigenvalue weighted by atomic mass is 10.2. The quantitative estimate of drug-likeness (QED) is 0.921. The molecule has 0 aliphatic rings. The minimum absolute atomic E-state index is 0.431. The summed E-state index contributed by atoms with van der Waals surface area (Å²) in [5.41, 5.74) is 1.86. The van der Waals surface area contributed by atoms with E-state index in [-0.39, 0.29) is 0 Å². The molecule has 0 bridgehead atoms. The van der Waals surface area contributed by atoms with Gasteiger partial charge in [-0.05, 0) is 24.6 Å². The van der Waals surface area contributed by atoms with Crippen LogP contribution < -0.4 is 10.1 Å². The Balaban J connectivity index is 2.08. The van der Waals surface area contributed by atoms with Gasteiger partial charge >= 0.3 is 0 Å². The van der Waals surface area contributed by atoms with E-state index in [0.29, 0.717) is 23.5 Å². The molecule has 0 aliphatic heterocycles. The number of hydrogen-bond donors (Lipinski definition) is 1. The fourth-order valence-electron chi connectivity index (χ4n) is 1.51. The highest BCUT2D eigenvalue weighted by atomic mass is 35.5. The Morgan fingerprint density at radius 1 is 1.28 bits per heavy atom. The molecule has 5 heteroatoms. The first kappa shape index (κ1) is 12.6. The van der Waals surface area contributed by atoms with Crippen LogP contribution in [0.4, 0.5) is 5.95 Å². The van der Waals surface area contributed by atoms with E-state index in [1.165, 1.54) is 0 Å². The molecule has 0 amide bonds. The maximum atomic E-state index is 5.91. The Labute approximate surface area is 111 Å². The van der Waals surface area contributed by atoms with Crippen molar-refractivity contribution in [3.05, 3.63) is 46.6 Å². The Bertz CT molecular complexity index is 546. The summed E-state index contributed by atoms with van der Waals surface area (Å²) in [6.07, 6.45) is 0. The van der Waals surface area contributed by atoms with Crippen molar-refractivity contribution >= 4 is 17.5 Å². The van der Waals surface area contributed by atoms with Crippen LogP contribution in [-0.2, 0) is 6.61 Å². The number of nitrogens with one attached hydrogen (secondary N) is 1. The fourth-order valence-corrected chi connectivity index (χ4v) is 1.72. The van der Waals surface area contributed by atoms with Crippen LogP contribution in [0, 0.1) is 6.92 Å². The third-order valence-corrected chi connectivity index (χ3v) is 2.57. The third kappa shape index (κ3) is 3.34. The van der Waals surface area contributed by atoms with Gasteiger partial charge in [0.2, 0.25) is 11.8 Å². The number of ether oxygens (including phenoxy) is 1. The number of aryl methyl sites for hydroxylation is 1. The second-order valence-electron chi connectivity index (χ2n) is 3.84. The van der Waals surface area contributed by atoms with Gasteiger partial charge in [-0.1, -0.05) is 23.7 Å². The molecular formula is C13H14ClN3O. The van der Waals surface area contributed by atoms with Crippen LogP contribution in [0.3, 0.4) is 0 Å². The Morgan fingerprint density at radius 2 is 2.11 bits per heavy atom. The second-order valence-corrected chi connectivity index (χ2v) is 4.28. The predicted octanol–water partition coefficient (Wildman–Crippen LogP) is 3.06. The maximum absolute atomic E-state index is 5.91. The van der Waals surface area contributed by atoms with Crippen LogP contribution in [0.1, 0.15) is 11.3 Å². The van der Waals surface area contributed by atoms with Gasteiger partial charge in [-0.3, -0.25) is 0 Å². The molecule has 1 heterocycles. The summed E-state index contributed by atoms with van der Waals surface area (Å²) in [6, 6.07) is 9.35. The van der Waals surface area contributed by atoms with E-state index >= 15 is 0 Å². The van der Waals surface area contributed by atoms with Crippen molar-refractivity contribution in [3.63, 3.8) is 0 Å². The highest BCUT2D eigenvalue weighted by Crippen LogP contribution is 2.15. The van der Waals surface area contributed by atoms with Gasteiger partial charge in [0.1, 0.15) is 6.61 Å². The normalized spacial score (nSPS) is 10.2. The smallest absolute Gasteiger partial charge is 0.225 e. The lowest BCUT2D eigenvalue weighted by molar-refractivity contribution is 0.293. The maximum Gasteiger partial charge on any atom is 0.225 e. The van der Waals surface area contributed by atoms with Crippen LogP contribution in [0.25, 0.3) is 0 Å². The zero-order valence-electron chi connectivity index (χ0n) is 10.3. The van der Waals surface area contributed by atoms with Gasteiger partial charge in [0.25, 0.3) is 0 Å². The minimum atomic E-state index is 0.431. The van der Waals surface area contributed by atoms with Gasteiger partial charge in [0, 0.05) is 23.8 Å². The Morgan fingerprint density at radius 3 is 2.83 bits per heavy atom. The summed E-state index contributed by atoms with van der Waals surface area (Å²) < 4.78 is 5.62. The summed E-state index contributed by atoms with van der Waals surface area (Å²) in [5.74, 6) is 1.10. The first-order valence-electron chi connectivity index (χ1n) is 5.58. The number of halogens is 1. The van der Waals surface area contributed by atoms with Gasteiger partial charge in [-0.2, -0.15) is 4.98 Å². The monoisotopic (exact) mass is 263 g/mol. The molecule has 4 nitrogen and oxygen atoms in total. The SMILES string of the molecule is CNc1nc(C)cc(OCc2cccc(Cl)c2)n1. The van der Waals surface area contributed by atoms with Crippen molar-refractivity contribution < 1.29 is 4.74 Å². The highest BCUT2D eigenvalue weighted by Gasteiger charge is 2.02. The topological polar surface area (TPSA) is 47.0 Å². The van der Waals surface area contributed by atoms with Crippen LogP contribution in [-0.4, -0.2) is 17.0 Å². The lowest BCUT2D eigenvalue weighted by Gasteiger charge is -2.08. The molecule has 0 aliphatic carbocycles. The van der Waals surface area contributed by atoms with Crippen LogP contribution >= 0.6 is 11.6 Å². The van der Waals surface area contributed by atoms with Gasteiger partial charge < -0.3 is 10.1 Å². The number of benzene rings is 1. The molecule has 0 atom stereocenters. The average molecular weight is 264 g/mol. The highest BCUT2D eigenvalue weighted by molar-refractivity contribution is 6.30. The zero-order valence-corrected chi connectivity index (χ0v) is 11.0. The summed E-state index contributed by atoms with van der Waals surface area (Å²) in [7, 11) is 1.77. The van der Waals surface area contributed by atoms with Crippen molar-refractivity contribution in [1.82, 2.24) is 9.97 Å². The van der Waals surface area contributed by atoms with E-state index in [9.17, 15) is 0 Å². The van der Waals surface area contributed by atoms with E-state index in [1.807, 2.05) is 31.2 Å². The fraction of sp³-hybridized carbons (Fsp3) is 0.231. The van der Waals surface area contributed by atoms with E-state index in [4.69, 9.17) is 16.3 Å². The number of rotatable bonds is 4. The molecule has 94 valence electrons. The zero-order chi connectivity index (χ0) is 13.0. The summed E-state index contributed by atoms with van der Waals surface area (Å²) >= 11 is 5.91. The Hall–Kier alpha value is -1.81. The van der Waals surface area contributed by atoms with Gasteiger partial charge in [0.05, 0.1) is 0 Å². The molecule has 0 saturated carbocycles. The second kappa shape index (κ2) is 5.69. The molecule has 18 heavy (non-hydrogen) atoms. The number of anilines is 1. The predicted molar refractivity (Wildman–Crippen MR) is 72.1 cm³/mol. The van der Waals surface area contributed by atoms with Gasteiger partial charge in [-0.25, -0.2) is 4.98 Å². The van der Waals surface area contributed by atoms with Gasteiger partial charge in [-0.15, -0.1) is 0 Å². The molecule has 1 N–H and O–H groups in total. The van der Waals surface area contributed by atoms with Crippen LogP contribution in [0.2, 0.25) is 5.02 Å². The van der Waals surface area contributed by atoms with E-state index in [2.05, 4.69) is 15.3 Å². The summed E-state index contributed by atoms with van der Waals surface area (Å²) in [5, 5.41) is 3.59. The van der Waals surface area contributed by atoms with Crippen LogP contribution in [0.15, 0.2) is 30.3 Å². The molecule has 0 fully saturated rings. The molecule has 2 aromatic rings. The lowest BCUT2D eigenvalue weighted by Crippen LogP contribution is -2.02. The molecular weight excluding hydrogens is 250 g/mol. The van der Waals surface area contributed by atoms with E-state index in [1.54, 1.807) is 13.1 Å². The standard InChI is InChI=1S/C13H14ClN3O/c1-9-6-12(17-13(15-2)16-9)18-8-10-4-3-5-11(14)7-10/h3-7H,8H2,1-2H3,(H,15,16,17). The molecule has 0 spiro atoms. The molecule has 0 saturated heterocycles. The average Bonchev–Trinajstić information content (AvgIpc) is 2.36. The number of nitrogens with zero attached hydrogens (tertiary/aromatic N) is 2. The number of aromatic nitrogens is 2. The van der Waals surface area contributed by atoms with E-state index in [0.717, 1.165) is 11.3 Å². The van der Waals surface area contributed by atoms with Crippen LogP contribution in [0.5, 0.6) is 5.88 Å². The third-order valence-electron chi connectivity index (χ3n) is 2.33. The largest absolute Gasteiger partial charge is 0.473 e. The molecule has 0 unspecified atom stereocenters. The van der Waals surface area contributed by atoms with Gasteiger partial charge in [0.15, 0.2) is 0 Å².